The van der Waals surface area contributed by atoms with Crippen molar-refractivity contribution in [3.05, 3.63) is 29.8 Å². The molecule has 0 spiro atoms. The average molecular weight is 471 g/mol. The monoisotopic (exact) mass is 470 g/mol. The molecule has 0 radical (unpaired) electrons. The number of alkyl halides is 3. The highest BCUT2D eigenvalue weighted by atomic mass is 19.4. The van der Waals surface area contributed by atoms with Crippen molar-refractivity contribution in [2.75, 3.05) is 26.2 Å². The molecule has 2 fully saturated rings. The Morgan fingerprint density at radius 3 is 2.48 bits per heavy atom. The summed E-state index contributed by atoms with van der Waals surface area (Å²) >= 11 is 0. The number of rotatable bonds is 9. The van der Waals surface area contributed by atoms with Crippen molar-refractivity contribution in [1.82, 2.24) is 10.2 Å². The van der Waals surface area contributed by atoms with E-state index in [2.05, 4.69) is 5.32 Å². The Bertz CT molecular complexity index is 835. The molecule has 33 heavy (non-hydrogen) atoms. The fourth-order valence-electron chi connectivity index (χ4n) is 4.67. The first-order chi connectivity index (χ1) is 15.5. The van der Waals surface area contributed by atoms with Gasteiger partial charge in [0.1, 0.15) is 11.9 Å². The van der Waals surface area contributed by atoms with Crippen LogP contribution in [0.5, 0.6) is 5.75 Å². The topological polar surface area (TPSA) is 78.9 Å². The molecular weight excluding hydrogens is 437 g/mol. The summed E-state index contributed by atoms with van der Waals surface area (Å²) in [6.07, 6.45) is -1.00. The van der Waals surface area contributed by atoms with Crippen LogP contribution in [0.15, 0.2) is 24.3 Å². The van der Waals surface area contributed by atoms with Crippen LogP contribution in [0, 0.1) is 11.8 Å². The van der Waals surface area contributed by atoms with Gasteiger partial charge in [0, 0.05) is 13.1 Å². The van der Waals surface area contributed by atoms with Crippen LogP contribution in [-0.4, -0.2) is 59.6 Å². The Hall–Kier alpha value is -2.13. The number of nitrogens with one attached hydrogen (secondary N) is 1. The number of benzene rings is 1. The first kappa shape index (κ1) is 25.5. The lowest BCUT2D eigenvalue weighted by atomic mass is 9.82. The molecule has 1 unspecified atom stereocenters. The van der Waals surface area contributed by atoms with E-state index in [1.54, 1.807) is 0 Å². The normalized spacial score (nSPS) is 24.6. The second-order valence-corrected chi connectivity index (χ2v) is 9.67. The maximum absolute atomic E-state index is 12.9. The summed E-state index contributed by atoms with van der Waals surface area (Å²) in [6.45, 7) is 5.73. The van der Waals surface area contributed by atoms with Gasteiger partial charge in [0.05, 0.1) is 23.6 Å². The fourth-order valence-corrected chi connectivity index (χ4v) is 4.67. The van der Waals surface area contributed by atoms with E-state index in [0.717, 1.165) is 25.0 Å². The quantitative estimate of drug-likeness (QED) is 0.568. The molecule has 0 bridgehead atoms. The number of likely N-dealkylation sites (tertiary alicyclic amines) is 1. The zero-order valence-corrected chi connectivity index (χ0v) is 19.2. The zero-order chi connectivity index (χ0) is 24.2. The van der Waals surface area contributed by atoms with E-state index in [-0.39, 0.29) is 30.1 Å². The van der Waals surface area contributed by atoms with Crippen LogP contribution < -0.4 is 10.1 Å². The predicted molar refractivity (Wildman–Crippen MR) is 117 cm³/mol. The van der Waals surface area contributed by atoms with E-state index in [1.807, 2.05) is 18.7 Å². The van der Waals surface area contributed by atoms with Gasteiger partial charge in [-0.2, -0.15) is 13.2 Å². The van der Waals surface area contributed by atoms with Gasteiger partial charge in [-0.25, -0.2) is 0 Å². The lowest BCUT2D eigenvalue weighted by molar-refractivity contribution is -0.143. The minimum absolute atomic E-state index is 0.0430. The smallest absolute Gasteiger partial charge is 0.416 e. The molecule has 1 heterocycles. The zero-order valence-electron chi connectivity index (χ0n) is 19.2. The molecule has 1 aliphatic carbocycles. The van der Waals surface area contributed by atoms with Gasteiger partial charge >= 0.3 is 12.1 Å². The molecule has 1 atom stereocenters. The third-order valence-corrected chi connectivity index (χ3v) is 7.00. The van der Waals surface area contributed by atoms with Crippen molar-refractivity contribution in [2.45, 2.75) is 63.8 Å². The lowest BCUT2D eigenvalue weighted by Gasteiger charge is -2.34. The fraction of sp³-hybridized carbons (Fsp3) is 0.667. The number of ketones is 1. The Kier molecular flexibility index (Phi) is 8.05. The number of hydrogen-bond donors (Lipinski definition) is 2. The number of nitrogens with zero attached hydrogens (tertiary/aromatic N) is 1. The van der Waals surface area contributed by atoms with Crippen LogP contribution in [0.3, 0.4) is 0 Å². The van der Waals surface area contributed by atoms with E-state index < -0.39 is 23.2 Å². The molecule has 6 nitrogen and oxygen atoms in total. The van der Waals surface area contributed by atoms with E-state index in [4.69, 9.17) is 9.84 Å². The molecular formula is C24H33F3N2O4. The molecule has 1 aromatic rings. The molecule has 1 aromatic carbocycles. The molecule has 1 saturated carbocycles. The van der Waals surface area contributed by atoms with Gasteiger partial charge in [0.2, 0.25) is 0 Å². The van der Waals surface area contributed by atoms with E-state index >= 15 is 0 Å². The van der Waals surface area contributed by atoms with E-state index in [9.17, 15) is 22.8 Å². The number of carboxylic acids is 1. The van der Waals surface area contributed by atoms with Gasteiger partial charge in [-0.1, -0.05) is 6.07 Å². The molecule has 1 aliphatic heterocycles. The Morgan fingerprint density at radius 2 is 1.85 bits per heavy atom. The first-order valence-electron chi connectivity index (χ1n) is 11.5. The standard InChI is InChI=1S/C24H33F3N2O4/c1-23(2,21(30)14-28-13-16-6-8-17(9-7-16)22(31)32)29-11-10-20(15-29)33-19-5-3-4-18(12-19)24(25,26)27/h3-5,12,16-17,20,28H,6-11,13-15H2,1-2H3,(H,31,32). The van der Waals surface area contributed by atoms with Crippen molar-refractivity contribution in [3.63, 3.8) is 0 Å². The second-order valence-electron chi connectivity index (χ2n) is 9.67. The van der Waals surface area contributed by atoms with Crippen LogP contribution in [0.25, 0.3) is 0 Å². The van der Waals surface area contributed by atoms with Crippen LogP contribution in [0.4, 0.5) is 13.2 Å². The van der Waals surface area contributed by atoms with Gasteiger partial charge in [-0.15, -0.1) is 0 Å². The summed E-state index contributed by atoms with van der Waals surface area (Å²) in [5.41, 5.74) is -1.47. The Labute approximate surface area is 192 Å². The van der Waals surface area contributed by atoms with E-state index in [1.165, 1.54) is 12.1 Å². The summed E-state index contributed by atoms with van der Waals surface area (Å²) in [5.74, 6) is -0.363. The molecule has 1 saturated heterocycles. The lowest BCUT2D eigenvalue weighted by Crippen LogP contribution is -2.52. The van der Waals surface area contributed by atoms with Gasteiger partial charge in [0.25, 0.3) is 0 Å². The van der Waals surface area contributed by atoms with Gasteiger partial charge in [0.15, 0.2) is 5.78 Å². The third kappa shape index (κ3) is 6.69. The molecule has 2 N–H and O–H groups in total. The predicted octanol–water partition coefficient (Wildman–Crippen LogP) is 3.99. The highest BCUT2D eigenvalue weighted by Gasteiger charge is 2.39. The number of halogens is 3. The third-order valence-electron chi connectivity index (χ3n) is 7.00. The van der Waals surface area contributed by atoms with Crippen LogP contribution in [0.2, 0.25) is 0 Å². The summed E-state index contributed by atoms with van der Waals surface area (Å²) < 4.78 is 44.6. The van der Waals surface area contributed by atoms with Crippen molar-refractivity contribution in [1.29, 1.82) is 0 Å². The number of aliphatic carboxylic acids is 1. The number of carbonyl (C=O) groups excluding carboxylic acids is 1. The highest BCUT2D eigenvalue weighted by molar-refractivity contribution is 5.89. The largest absolute Gasteiger partial charge is 0.489 e. The molecule has 0 aromatic heterocycles. The highest BCUT2D eigenvalue weighted by Crippen LogP contribution is 2.33. The number of carbonyl (C=O) groups is 2. The van der Waals surface area contributed by atoms with Gasteiger partial charge in [-0.05, 0) is 76.6 Å². The summed E-state index contributed by atoms with van der Waals surface area (Å²) in [7, 11) is 0. The minimum atomic E-state index is -4.42. The van der Waals surface area contributed by atoms with Crippen LogP contribution in [0.1, 0.15) is 51.5 Å². The number of hydrogen-bond acceptors (Lipinski definition) is 5. The maximum Gasteiger partial charge on any atom is 0.416 e. The number of Topliss-reactive ketones (excluding diaryl/α,β-unsaturated/α-hetero) is 1. The minimum Gasteiger partial charge on any atom is -0.489 e. The Morgan fingerprint density at radius 1 is 1.15 bits per heavy atom. The molecule has 3 rings (SSSR count). The summed E-state index contributed by atoms with van der Waals surface area (Å²) in [6, 6.07) is 4.87. The van der Waals surface area contributed by atoms with Crippen molar-refractivity contribution in [3.8, 4) is 5.75 Å². The van der Waals surface area contributed by atoms with E-state index in [0.29, 0.717) is 44.8 Å². The van der Waals surface area contributed by atoms with Crippen molar-refractivity contribution >= 4 is 11.8 Å². The molecule has 9 heteroatoms. The molecule has 0 amide bonds. The SMILES string of the molecule is CC(C)(C(=O)CNCC1CCC(C(=O)O)CC1)N1CCC(Oc2cccc(C(F)(F)F)c2)C1. The van der Waals surface area contributed by atoms with Crippen LogP contribution >= 0.6 is 0 Å². The first-order valence-corrected chi connectivity index (χ1v) is 11.5. The summed E-state index contributed by atoms with van der Waals surface area (Å²) in [5, 5.41) is 12.3. The van der Waals surface area contributed by atoms with Crippen molar-refractivity contribution in [2.24, 2.45) is 11.8 Å². The average Bonchev–Trinajstić information content (AvgIpc) is 3.23. The van der Waals surface area contributed by atoms with Gasteiger partial charge < -0.3 is 15.2 Å². The second kappa shape index (κ2) is 10.4. The molecule has 2 aliphatic rings. The maximum atomic E-state index is 12.9. The van der Waals surface area contributed by atoms with Crippen molar-refractivity contribution < 1.29 is 32.6 Å². The number of carboxylic acid groups (broad SMARTS) is 1. The Balaban J connectivity index is 1.45. The molecule has 184 valence electrons. The summed E-state index contributed by atoms with van der Waals surface area (Å²) in [4.78, 5) is 26.0. The van der Waals surface area contributed by atoms with Crippen LogP contribution in [-0.2, 0) is 15.8 Å². The number of ether oxygens (including phenoxy) is 1. The van der Waals surface area contributed by atoms with Gasteiger partial charge in [-0.3, -0.25) is 14.5 Å².